The van der Waals surface area contributed by atoms with Crippen molar-refractivity contribution in [3.05, 3.63) is 0 Å². The third kappa shape index (κ3) is 1.67. The van der Waals surface area contributed by atoms with Gasteiger partial charge in [0.15, 0.2) is 0 Å². The molecule has 0 amide bonds. The number of rotatable bonds is 1. The maximum atomic E-state index is 2.49. The van der Waals surface area contributed by atoms with E-state index < -0.39 is 0 Å². The molecule has 0 heterocycles. The Kier molecular flexibility index (Phi) is 2.43. The molecule has 2 aliphatic rings. The van der Waals surface area contributed by atoms with Crippen LogP contribution in [0.4, 0.5) is 0 Å². The van der Waals surface area contributed by atoms with Crippen molar-refractivity contribution in [3.63, 3.8) is 0 Å². The van der Waals surface area contributed by atoms with Gasteiger partial charge in [-0.1, -0.05) is 39.5 Å². The molecule has 0 aromatic heterocycles. The van der Waals surface area contributed by atoms with E-state index in [0.717, 1.165) is 23.7 Å². The molecule has 70 valence electrons. The van der Waals surface area contributed by atoms with Gasteiger partial charge in [0.05, 0.1) is 0 Å². The minimum atomic E-state index is 1.03. The Hall–Kier alpha value is 0. The van der Waals surface area contributed by atoms with Gasteiger partial charge in [0, 0.05) is 0 Å². The summed E-state index contributed by atoms with van der Waals surface area (Å²) in [6.45, 7) is 4.92. The van der Waals surface area contributed by atoms with Gasteiger partial charge in [-0.25, -0.2) is 0 Å². The second-order valence-corrected chi connectivity index (χ2v) is 5.16. The smallest absolute Gasteiger partial charge is 0.0355 e. The van der Waals surface area contributed by atoms with E-state index in [2.05, 4.69) is 13.8 Å². The molecule has 2 saturated carbocycles. The second-order valence-electron chi connectivity index (χ2n) is 5.16. The molecule has 12 heavy (non-hydrogen) atoms. The molecule has 0 aliphatic heterocycles. The standard InChI is InChI=1S/C12H22/c1-9-6-4-3-5-7-11(9)12-8-10(12)2/h9-12H,3-8H2,1-2H3. The molecule has 0 heteroatoms. The van der Waals surface area contributed by atoms with Gasteiger partial charge in [0.25, 0.3) is 0 Å². The molecule has 0 saturated heterocycles. The molecule has 0 bridgehead atoms. The summed E-state index contributed by atoms with van der Waals surface area (Å²) in [6, 6.07) is 0. The summed E-state index contributed by atoms with van der Waals surface area (Å²) in [5.41, 5.74) is 0. The highest BCUT2D eigenvalue weighted by atomic mass is 14.5. The molecular formula is C12H22. The zero-order valence-electron chi connectivity index (χ0n) is 8.55. The van der Waals surface area contributed by atoms with Gasteiger partial charge in [-0.2, -0.15) is 0 Å². The van der Waals surface area contributed by atoms with Crippen LogP contribution in [0.25, 0.3) is 0 Å². The minimum absolute atomic E-state index is 1.03. The first-order chi connectivity index (χ1) is 5.79. The van der Waals surface area contributed by atoms with Crippen LogP contribution >= 0.6 is 0 Å². The van der Waals surface area contributed by atoms with Crippen molar-refractivity contribution in [3.8, 4) is 0 Å². The lowest BCUT2D eigenvalue weighted by Crippen LogP contribution is -2.12. The van der Waals surface area contributed by atoms with E-state index in [1.54, 1.807) is 0 Å². The zero-order chi connectivity index (χ0) is 8.55. The van der Waals surface area contributed by atoms with Crippen molar-refractivity contribution < 1.29 is 0 Å². The van der Waals surface area contributed by atoms with E-state index >= 15 is 0 Å². The summed E-state index contributed by atoms with van der Waals surface area (Å²) in [5, 5.41) is 0. The highest BCUT2D eigenvalue weighted by Gasteiger charge is 2.41. The highest BCUT2D eigenvalue weighted by molar-refractivity contribution is 4.90. The van der Waals surface area contributed by atoms with Crippen molar-refractivity contribution in [2.45, 2.75) is 52.4 Å². The van der Waals surface area contributed by atoms with Gasteiger partial charge in [0.2, 0.25) is 0 Å². The van der Waals surface area contributed by atoms with Gasteiger partial charge in [-0.05, 0) is 36.5 Å². The van der Waals surface area contributed by atoms with Crippen LogP contribution in [0.1, 0.15) is 52.4 Å². The maximum absolute atomic E-state index is 2.49. The monoisotopic (exact) mass is 166 g/mol. The van der Waals surface area contributed by atoms with Gasteiger partial charge >= 0.3 is 0 Å². The third-order valence-corrected chi connectivity index (χ3v) is 4.15. The van der Waals surface area contributed by atoms with Crippen LogP contribution in [0.15, 0.2) is 0 Å². The van der Waals surface area contributed by atoms with Crippen LogP contribution in [0, 0.1) is 23.7 Å². The van der Waals surface area contributed by atoms with E-state index in [-0.39, 0.29) is 0 Å². The van der Waals surface area contributed by atoms with E-state index in [9.17, 15) is 0 Å². The lowest BCUT2D eigenvalue weighted by atomic mass is 9.85. The Balaban J connectivity index is 1.92. The van der Waals surface area contributed by atoms with Gasteiger partial charge in [-0.3, -0.25) is 0 Å². The fourth-order valence-corrected chi connectivity index (χ4v) is 3.11. The minimum Gasteiger partial charge on any atom is -0.0622 e. The predicted molar refractivity (Wildman–Crippen MR) is 53.0 cm³/mol. The molecule has 4 unspecified atom stereocenters. The lowest BCUT2D eigenvalue weighted by Gasteiger charge is -2.21. The molecule has 4 atom stereocenters. The van der Waals surface area contributed by atoms with Crippen LogP contribution in [0.2, 0.25) is 0 Å². The molecule has 2 fully saturated rings. The first-order valence-corrected chi connectivity index (χ1v) is 5.79. The molecule has 2 aliphatic carbocycles. The van der Waals surface area contributed by atoms with Crippen LogP contribution in [-0.4, -0.2) is 0 Å². The topological polar surface area (TPSA) is 0 Å². The molecule has 2 rings (SSSR count). The molecule has 0 nitrogen and oxygen atoms in total. The molecule has 0 aromatic carbocycles. The summed E-state index contributed by atoms with van der Waals surface area (Å²) in [6.07, 6.45) is 9.10. The van der Waals surface area contributed by atoms with E-state index in [1.165, 1.54) is 38.5 Å². The maximum Gasteiger partial charge on any atom is -0.0355 e. The number of hydrogen-bond acceptors (Lipinski definition) is 0. The summed E-state index contributed by atoms with van der Waals surface area (Å²) in [4.78, 5) is 0. The molecular weight excluding hydrogens is 144 g/mol. The summed E-state index contributed by atoms with van der Waals surface area (Å²) >= 11 is 0. The fraction of sp³-hybridized carbons (Fsp3) is 1.00. The van der Waals surface area contributed by atoms with Crippen molar-refractivity contribution in [2.75, 3.05) is 0 Å². The summed E-state index contributed by atoms with van der Waals surface area (Å²) in [5.74, 6) is 4.32. The summed E-state index contributed by atoms with van der Waals surface area (Å²) in [7, 11) is 0. The zero-order valence-corrected chi connectivity index (χ0v) is 8.55. The second kappa shape index (κ2) is 3.40. The van der Waals surface area contributed by atoms with Crippen molar-refractivity contribution in [1.82, 2.24) is 0 Å². The van der Waals surface area contributed by atoms with Gasteiger partial charge in [-0.15, -0.1) is 0 Å². The average molecular weight is 166 g/mol. The fourth-order valence-electron chi connectivity index (χ4n) is 3.11. The molecule has 0 spiro atoms. The van der Waals surface area contributed by atoms with Crippen LogP contribution in [0.3, 0.4) is 0 Å². The largest absolute Gasteiger partial charge is 0.0622 e. The molecule has 0 radical (unpaired) electrons. The van der Waals surface area contributed by atoms with E-state index in [0.29, 0.717) is 0 Å². The first kappa shape index (κ1) is 8.59. The van der Waals surface area contributed by atoms with Crippen molar-refractivity contribution in [2.24, 2.45) is 23.7 Å². The third-order valence-electron chi connectivity index (χ3n) is 4.15. The molecule has 0 N–H and O–H groups in total. The van der Waals surface area contributed by atoms with Crippen LogP contribution in [0.5, 0.6) is 0 Å². The normalized spacial score (nSPS) is 48.5. The van der Waals surface area contributed by atoms with Gasteiger partial charge < -0.3 is 0 Å². The lowest BCUT2D eigenvalue weighted by molar-refractivity contribution is 0.289. The number of hydrogen-bond donors (Lipinski definition) is 0. The quantitative estimate of drug-likeness (QED) is 0.519. The SMILES string of the molecule is CC1CCCCCC1C1CC1C. The Morgan fingerprint density at radius 3 is 2.08 bits per heavy atom. The van der Waals surface area contributed by atoms with Crippen LogP contribution < -0.4 is 0 Å². The van der Waals surface area contributed by atoms with Crippen molar-refractivity contribution in [1.29, 1.82) is 0 Å². The predicted octanol–water partition coefficient (Wildman–Crippen LogP) is 3.86. The highest BCUT2D eigenvalue weighted by Crippen LogP contribution is 2.50. The van der Waals surface area contributed by atoms with E-state index in [1.807, 2.05) is 0 Å². The Bertz CT molecular complexity index is 150. The van der Waals surface area contributed by atoms with Crippen LogP contribution in [-0.2, 0) is 0 Å². The Morgan fingerprint density at radius 2 is 1.42 bits per heavy atom. The summed E-state index contributed by atoms with van der Waals surface area (Å²) < 4.78 is 0. The first-order valence-electron chi connectivity index (χ1n) is 5.79. The van der Waals surface area contributed by atoms with Gasteiger partial charge in [0.1, 0.15) is 0 Å². The Morgan fingerprint density at radius 1 is 0.750 bits per heavy atom. The van der Waals surface area contributed by atoms with Crippen molar-refractivity contribution >= 4 is 0 Å². The Labute approximate surface area is 76.7 Å². The van der Waals surface area contributed by atoms with E-state index in [4.69, 9.17) is 0 Å². The molecule has 0 aromatic rings. The average Bonchev–Trinajstić information content (AvgIpc) is 2.75.